The molecule has 0 saturated carbocycles. The van der Waals surface area contributed by atoms with Gasteiger partial charge in [0.1, 0.15) is 22.8 Å². The first-order valence-corrected chi connectivity index (χ1v) is 8.85. The Morgan fingerprint density at radius 2 is 1.83 bits per heavy atom. The number of carbonyl (C=O) groups excluding carboxylic acids is 2. The Morgan fingerprint density at radius 3 is 2.52 bits per heavy atom. The Morgan fingerprint density at radius 1 is 1.14 bits per heavy atom. The van der Waals surface area contributed by atoms with E-state index in [1.165, 1.54) is 23.6 Å². The highest BCUT2D eigenvalue weighted by atomic mass is 35.5. The van der Waals surface area contributed by atoms with Crippen molar-refractivity contribution in [1.82, 2.24) is 19.6 Å². The Balaban J connectivity index is 1.71. The molecule has 7 nitrogen and oxygen atoms in total. The summed E-state index contributed by atoms with van der Waals surface area (Å²) in [6, 6.07) is 6.53. The standard InChI is InChI=1S/C19H13ClF2N4O3/c1-19(16-12(21)3-2-4-13(16)22)17(28)26(18(29)24-19)9-11-7-15(27)25-8-10(20)5-6-14(25)23-11/h2-8H,9H2,1H3,(H,24,29). The first kappa shape index (κ1) is 19.0. The molecular formula is C19H13ClF2N4O3. The number of fused-ring (bicyclic) bond motifs is 1. The van der Waals surface area contributed by atoms with Crippen LogP contribution in [0.2, 0.25) is 5.02 Å². The fourth-order valence-corrected chi connectivity index (χ4v) is 3.52. The molecule has 2 aromatic heterocycles. The molecule has 10 heteroatoms. The maximum absolute atomic E-state index is 14.2. The molecule has 1 unspecified atom stereocenters. The molecule has 1 aliphatic heterocycles. The van der Waals surface area contributed by atoms with Crippen molar-refractivity contribution in [2.45, 2.75) is 19.0 Å². The van der Waals surface area contributed by atoms with Gasteiger partial charge < -0.3 is 5.32 Å². The summed E-state index contributed by atoms with van der Waals surface area (Å²) in [7, 11) is 0. The van der Waals surface area contributed by atoms with Gasteiger partial charge in [0, 0.05) is 12.3 Å². The van der Waals surface area contributed by atoms with Crippen LogP contribution in [-0.2, 0) is 16.9 Å². The van der Waals surface area contributed by atoms with Gasteiger partial charge in [0.05, 0.1) is 22.8 Å². The maximum atomic E-state index is 14.2. The van der Waals surface area contributed by atoms with Crippen molar-refractivity contribution in [1.29, 1.82) is 0 Å². The molecule has 3 amide bonds. The van der Waals surface area contributed by atoms with Crippen LogP contribution < -0.4 is 10.9 Å². The fourth-order valence-electron chi connectivity index (χ4n) is 3.35. The largest absolute Gasteiger partial charge is 0.325 e. The van der Waals surface area contributed by atoms with Gasteiger partial charge in [-0.25, -0.2) is 18.6 Å². The third-order valence-electron chi connectivity index (χ3n) is 4.73. The average Bonchev–Trinajstić information content (AvgIpc) is 2.86. The van der Waals surface area contributed by atoms with Crippen LogP contribution in [0.3, 0.4) is 0 Å². The summed E-state index contributed by atoms with van der Waals surface area (Å²) in [5.74, 6) is -2.77. The van der Waals surface area contributed by atoms with E-state index in [1.54, 1.807) is 6.07 Å². The van der Waals surface area contributed by atoms with Crippen LogP contribution in [0.1, 0.15) is 18.2 Å². The van der Waals surface area contributed by atoms with Gasteiger partial charge in [0.2, 0.25) is 0 Å². The summed E-state index contributed by atoms with van der Waals surface area (Å²) in [5.41, 5.74) is -2.53. The zero-order valence-electron chi connectivity index (χ0n) is 14.9. The van der Waals surface area contributed by atoms with Crippen LogP contribution >= 0.6 is 11.6 Å². The number of amides is 3. The molecule has 0 bridgehead atoms. The highest BCUT2D eigenvalue weighted by Crippen LogP contribution is 2.33. The highest BCUT2D eigenvalue weighted by molar-refractivity contribution is 6.30. The molecular weight excluding hydrogens is 406 g/mol. The smallest absolute Gasteiger partial charge is 0.319 e. The van der Waals surface area contributed by atoms with Crippen molar-refractivity contribution in [3.05, 3.63) is 80.9 Å². The van der Waals surface area contributed by atoms with Crippen molar-refractivity contribution in [2.75, 3.05) is 0 Å². The Kier molecular flexibility index (Phi) is 4.34. The fraction of sp³-hybridized carbons (Fsp3) is 0.158. The van der Waals surface area contributed by atoms with Gasteiger partial charge in [0.15, 0.2) is 0 Å². The van der Waals surface area contributed by atoms with E-state index in [0.29, 0.717) is 5.02 Å². The van der Waals surface area contributed by atoms with Crippen LogP contribution in [0.5, 0.6) is 0 Å². The zero-order valence-corrected chi connectivity index (χ0v) is 15.7. The van der Waals surface area contributed by atoms with Gasteiger partial charge in [-0.15, -0.1) is 0 Å². The lowest BCUT2D eigenvalue weighted by Gasteiger charge is -2.23. The number of nitrogens with zero attached hydrogens (tertiary/aromatic N) is 3. The van der Waals surface area contributed by atoms with E-state index in [2.05, 4.69) is 10.3 Å². The summed E-state index contributed by atoms with van der Waals surface area (Å²) in [6.45, 7) is 0.879. The molecule has 0 aliphatic carbocycles. The zero-order chi connectivity index (χ0) is 20.9. The van der Waals surface area contributed by atoms with E-state index < -0.39 is 40.2 Å². The van der Waals surface area contributed by atoms with Gasteiger partial charge in [-0.1, -0.05) is 17.7 Å². The molecule has 1 fully saturated rings. The minimum Gasteiger partial charge on any atom is -0.319 e. The summed E-state index contributed by atoms with van der Waals surface area (Å²) in [5, 5.41) is 2.68. The van der Waals surface area contributed by atoms with Crippen molar-refractivity contribution >= 4 is 29.2 Å². The van der Waals surface area contributed by atoms with Gasteiger partial charge in [-0.3, -0.25) is 18.9 Å². The van der Waals surface area contributed by atoms with E-state index in [0.717, 1.165) is 29.2 Å². The van der Waals surface area contributed by atoms with Gasteiger partial charge >= 0.3 is 6.03 Å². The third kappa shape index (κ3) is 3.03. The lowest BCUT2D eigenvalue weighted by molar-refractivity contribution is -0.131. The topological polar surface area (TPSA) is 83.8 Å². The number of aromatic nitrogens is 2. The second-order valence-electron chi connectivity index (χ2n) is 6.70. The molecule has 1 aromatic carbocycles. The number of hydrogen-bond acceptors (Lipinski definition) is 4. The summed E-state index contributed by atoms with van der Waals surface area (Å²) >= 11 is 5.87. The lowest BCUT2D eigenvalue weighted by Crippen LogP contribution is -2.42. The number of urea groups is 1. The predicted octanol–water partition coefficient (Wildman–Crippen LogP) is 2.59. The Hall–Kier alpha value is -3.33. The number of hydrogen-bond donors (Lipinski definition) is 1. The molecule has 1 atom stereocenters. The second kappa shape index (κ2) is 6.63. The number of imide groups is 1. The van der Waals surface area contributed by atoms with E-state index in [1.807, 2.05) is 0 Å². The maximum Gasteiger partial charge on any atom is 0.325 e. The van der Waals surface area contributed by atoms with E-state index in [-0.39, 0.29) is 17.9 Å². The average molecular weight is 419 g/mol. The summed E-state index contributed by atoms with van der Waals surface area (Å²) in [4.78, 5) is 42.6. The molecule has 3 heterocycles. The molecule has 148 valence electrons. The SMILES string of the molecule is CC1(c2c(F)cccc2F)NC(=O)N(Cc2cc(=O)n3cc(Cl)ccc3n2)C1=O. The summed E-state index contributed by atoms with van der Waals surface area (Å²) in [6.07, 6.45) is 1.39. The highest BCUT2D eigenvalue weighted by Gasteiger charge is 2.51. The van der Waals surface area contributed by atoms with Crippen molar-refractivity contribution < 1.29 is 18.4 Å². The monoisotopic (exact) mass is 418 g/mol. The van der Waals surface area contributed by atoms with Crippen molar-refractivity contribution in [3.63, 3.8) is 0 Å². The van der Waals surface area contributed by atoms with E-state index >= 15 is 0 Å². The molecule has 4 rings (SSSR count). The van der Waals surface area contributed by atoms with Crippen molar-refractivity contribution in [3.8, 4) is 0 Å². The molecule has 29 heavy (non-hydrogen) atoms. The quantitative estimate of drug-likeness (QED) is 0.663. The number of pyridine rings is 1. The van der Waals surface area contributed by atoms with Gasteiger partial charge in [-0.05, 0) is 31.2 Å². The number of halogens is 3. The number of benzene rings is 1. The number of carbonyl (C=O) groups is 2. The minimum absolute atomic E-state index is 0.138. The third-order valence-corrected chi connectivity index (χ3v) is 4.96. The Labute approximate surface area is 167 Å². The molecule has 0 spiro atoms. The molecule has 1 N–H and O–H groups in total. The molecule has 1 saturated heterocycles. The number of nitrogens with one attached hydrogen (secondary N) is 1. The molecule has 1 aliphatic rings. The normalized spacial score (nSPS) is 19.1. The van der Waals surface area contributed by atoms with Crippen LogP contribution in [0.15, 0.2) is 47.4 Å². The first-order valence-electron chi connectivity index (χ1n) is 8.47. The van der Waals surface area contributed by atoms with Gasteiger partial charge in [-0.2, -0.15) is 0 Å². The Bertz CT molecular complexity index is 1230. The summed E-state index contributed by atoms with van der Waals surface area (Å²) < 4.78 is 29.7. The first-order chi connectivity index (χ1) is 13.7. The van der Waals surface area contributed by atoms with Gasteiger partial charge in [0.25, 0.3) is 11.5 Å². The molecule has 0 radical (unpaired) electrons. The lowest BCUT2D eigenvalue weighted by atomic mass is 9.91. The molecule has 3 aromatic rings. The van der Waals surface area contributed by atoms with Crippen LogP contribution in [-0.4, -0.2) is 26.2 Å². The van der Waals surface area contributed by atoms with Crippen LogP contribution in [0, 0.1) is 11.6 Å². The minimum atomic E-state index is -1.92. The van der Waals surface area contributed by atoms with Crippen molar-refractivity contribution in [2.24, 2.45) is 0 Å². The van der Waals surface area contributed by atoms with Crippen LogP contribution in [0.4, 0.5) is 13.6 Å². The second-order valence-corrected chi connectivity index (χ2v) is 7.14. The van der Waals surface area contributed by atoms with E-state index in [9.17, 15) is 23.2 Å². The van der Waals surface area contributed by atoms with E-state index in [4.69, 9.17) is 11.6 Å². The number of rotatable bonds is 3. The van der Waals surface area contributed by atoms with Crippen LogP contribution in [0.25, 0.3) is 5.65 Å². The predicted molar refractivity (Wildman–Crippen MR) is 99.3 cm³/mol.